The highest BCUT2D eigenvalue weighted by atomic mass is 79.9. The van der Waals surface area contributed by atoms with Crippen molar-refractivity contribution in [3.05, 3.63) is 16.9 Å². The number of rotatable bonds is 3. The molecular formula is C8H11BrN2O3S. The summed E-state index contributed by atoms with van der Waals surface area (Å²) in [6.45, 7) is 3.72. The predicted octanol–water partition coefficient (Wildman–Crippen LogP) is 1.91. The van der Waals surface area contributed by atoms with Crippen LogP contribution in [0.1, 0.15) is 13.8 Å². The molecule has 2 N–H and O–H groups in total. The maximum absolute atomic E-state index is 11.0. The van der Waals surface area contributed by atoms with Gasteiger partial charge in [-0.15, -0.1) is 0 Å². The fraction of sp³-hybridized carbons (Fsp3) is 0.375. The summed E-state index contributed by atoms with van der Waals surface area (Å²) in [4.78, 5) is 3.46. The number of anilines is 1. The lowest BCUT2D eigenvalue weighted by Gasteiger charge is -2.14. The summed E-state index contributed by atoms with van der Waals surface area (Å²) >= 11 is 3.17. The van der Waals surface area contributed by atoms with Gasteiger partial charge < -0.3 is 5.32 Å². The predicted molar refractivity (Wildman–Crippen MR) is 60.5 cm³/mol. The Balaban J connectivity index is 3.33. The molecule has 0 unspecified atom stereocenters. The van der Waals surface area contributed by atoms with E-state index in [-0.39, 0.29) is 10.9 Å². The lowest BCUT2D eigenvalue weighted by Crippen LogP contribution is -2.14. The average Bonchev–Trinajstić information content (AvgIpc) is 2.05. The van der Waals surface area contributed by atoms with Gasteiger partial charge in [0.15, 0.2) is 0 Å². The van der Waals surface area contributed by atoms with Crippen LogP contribution in [0.3, 0.4) is 0 Å². The summed E-state index contributed by atoms with van der Waals surface area (Å²) in [5, 5.41) is 2.92. The van der Waals surface area contributed by atoms with Crippen molar-refractivity contribution >= 4 is 31.7 Å². The summed E-state index contributed by atoms with van der Waals surface area (Å²) in [7, 11) is -4.26. The second-order valence-corrected chi connectivity index (χ2v) is 5.51. The van der Waals surface area contributed by atoms with Crippen molar-refractivity contribution in [2.24, 2.45) is 0 Å². The SMILES string of the molecule is CC(C)Nc1c(Br)cncc1S(=O)(=O)O. The van der Waals surface area contributed by atoms with Crippen LogP contribution in [-0.4, -0.2) is 24.0 Å². The largest absolute Gasteiger partial charge is 0.381 e. The van der Waals surface area contributed by atoms with Crippen LogP contribution in [0.5, 0.6) is 0 Å². The molecule has 0 saturated carbocycles. The van der Waals surface area contributed by atoms with Gasteiger partial charge >= 0.3 is 0 Å². The van der Waals surface area contributed by atoms with Crippen molar-refractivity contribution in [1.29, 1.82) is 0 Å². The van der Waals surface area contributed by atoms with Crippen LogP contribution in [-0.2, 0) is 10.1 Å². The Morgan fingerprint density at radius 3 is 2.53 bits per heavy atom. The van der Waals surface area contributed by atoms with E-state index in [0.29, 0.717) is 10.2 Å². The van der Waals surface area contributed by atoms with Crippen molar-refractivity contribution in [3.8, 4) is 0 Å². The van der Waals surface area contributed by atoms with E-state index in [1.807, 2.05) is 13.8 Å². The van der Waals surface area contributed by atoms with E-state index in [1.54, 1.807) is 0 Å². The van der Waals surface area contributed by atoms with Gasteiger partial charge in [-0.05, 0) is 29.8 Å². The summed E-state index contributed by atoms with van der Waals surface area (Å²) in [6.07, 6.45) is 2.56. The Bertz CT molecular complexity index is 459. The first-order valence-corrected chi connectivity index (χ1v) is 6.43. The van der Waals surface area contributed by atoms with Crippen molar-refractivity contribution < 1.29 is 13.0 Å². The maximum Gasteiger partial charge on any atom is 0.298 e. The first-order chi connectivity index (χ1) is 6.82. The number of pyridine rings is 1. The lowest BCUT2D eigenvalue weighted by atomic mass is 10.3. The highest BCUT2D eigenvalue weighted by Gasteiger charge is 2.18. The van der Waals surface area contributed by atoms with Crippen molar-refractivity contribution in [2.75, 3.05) is 5.32 Å². The molecule has 0 spiro atoms. The average molecular weight is 295 g/mol. The third-order valence-electron chi connectivity index (χ3n) is 1.58. The third-order valence-corrected chi connectivity index (χ3v) is 3.04. The first-order valence-electron chi connectivity index (χ1n) is 4.20. The van der Waals surface area contributed by atoms with E-state index in [9.17, 15) is 8.42 Å². The zero-order valence-electron chi connectivity index (χ0n) is 8.23. The normalized spacial score (nSPS) is 11.8. The van der Waals surface area contributed by atoms with E-state index in [4.69, 9.17) is 4.55 Å². The molecule has 0 saturated heterocycles. The quantitative estimate of drug-likeness (QED) is 0.833. The number of nitrogens with zero attached hydrogens (tertiary/aromatic N) is 1. The Labute approximate surface area is 96.8 Å². The van der Waals surface area contributed by atoms with Crippen LogP contribution in [0.15, 0.2) is 21.8 Å². The molecule has 15 heavy (non-hydrogen) atoms. The van der Waals surface area contributed by atoms with Gasteiger partial charge in [0.25, 0.3) is 10.1 Å². The zero-order chi connectivity index (χ0) is 11.6. The van der Waals surface area contributed by atoms with Crippen LogP contribution in [0, 0.1) is 0 Å². The molecule has 0 bridgehead atoms. The van der Waals surface area contributed by atoms with Crippen molar-refractivity contribution in [1.82, 2.24) is 4.98 Å². The molecule has 0 aromatic carbocycles. The summed E-state index contributed by atoms with van der Waals surface area (Å²) in [5.41, 5.74) is 0.322. The first kappa shape index (κ1) is 12.4. The molecule has 5 nitrogen and oxygen atoms in total. The van der Waals surface area contributed by atoms with Crippen molar-refractivity contribution in [2.45, 2.75) is 24.8 Å². The van der Waals surface area contributed by atoms with Gasteiger partial charge in [0.1, 0.15) is 4.90 Å². The second kappa shape index (κ2) is 4.46. The second-order valence-electron chi connectivity index (χ2n) is 3.27. The molecule has 0 atom stereocenters. The molecule has 1 heterocycles. The van der Waals surface area contributed by atoms with Gasteiger partial charge in [0.05, 0.1) is 16.4 Å². The van der Waals surface area contributed by atoms with Crippen LogP contribution in [0.4, 0.5) is 5.69 Å². The monoisotopic (exact) mass is 294 g/mol. The van der Waals surface area contributed by atoms with Crippen LogP contribution in [0.25, 0.3) is 0 Å². The minimum absolute atomic E-state index is 0.0456. The Kier molecular flexibility index (Phi) is 3.69. The van der Waals surface area contributed by atoms with Gasteiger partial charge in [-0.1, -0.05) is 0 Å². The maximum atomic E-state index is 11.0. The van der Waals surface area contributed by atoms with Gasteiger partial charge in [-0.25, -0.2) is 0 Å². The van der Waals surface area contributed by atoms with E-state index in [1.165, 1.54) is 6.20 Å². The molecule has 1 rings (SSSR count). The number of nitrogens with one attached hydrogen (secondary N) is 1. The Morgan fingerprint density at radius 1 is 1.47 bits per heavy atom. The molecule has 7 heteroatoms. The molecule has 1 aromatic heterocycles. The van der Waals surface area contributed by atoms with Crippen LogP contribution >= 0.6 is 15.9 Å². The van der Waals surface area contributed by atoms with Gasteiger partial charge in [0, 0.05) is 12.2 Å². The summed E-state index contributed by atoms with van der Waals surface area (Å²) in [5.74, 6) is 0. The lowest BCUT2D eigenvalue weighted by molar-refractivity contribution is 0.483. The third kappa shape index (κ3) is 3.15. The number of hydrogen-bond donors (Lipinski definition) is 2. The number of aromatic nitrogens is 1. The van der Waals surface area contributed by atoms with Crippen LogP contribution < -0.4 is 5.32 Å². The molecule has 0 aliphatic rings. The smallest absolute Gasteiger partial charge is 0.298 e. The molecule has 0 amide bonds. The van der Waals surface area contributed by atoms with E-state index < -0.39 is 10.1 Å². The summed E-state index contributed by atoms with van der Waals surface area (Å²) < 4.78 is 31.6. The molecule has 0 aliphatic carbocycles. The standard InChI is InChI=1S/C8H11BrN2O3S/c1-5(2)11-8-6(9)3-10-4-7(8)15(12,13)14/h3-5H,1-2H3,(H,10,11)(H,12,13,14). The molecule has 0 fully saturated rings. The minimum Gasteiger partial charge on any atom is -0.381 e. The van der Waals surface area contributed by atoms with Gasteiger partial charge in [-0.3, -0.25) is 9.54 Å². The highest BCUT2D eigenvalue weighted by molar-refractivity contribution is 9.10. The Morgan fingerprint density at radius 2 is 2.07 bits per heavy atom. The van der Waals surface area contributed by atoms with Crippen molar-refractivity contribution in [3.63, 3.8) is 0 Å². The molecule has 1 aromatic rings. The van der Waals surface area contributed by atoms with Gasteiger partial charge in [0.2, 0.25) is 0 Å². The molecule has 0 radical (unpaired) electrons. The summed E-state index contributed by atoms with van der Waals surface area (Å²) in [6, 6.07) is 0.0456. The van der Waals surface area contributed by atoms with E-state index >= 15 is 0 Å². The van der Waals surface area contributed by atoms with E-state index in [2.05, 4.69) is 26.2 Å². The fourth-order valence-electron chi connectivity index (χ4n) is 1.04. The molecular weight excluding hydrogens is 284 g/mol. The number of hydrogen-bond acceptors (Lipinski definition) is 4. The highest BCUT2D eigenvalue weighted by Crippen LogP contribution is 2.28. The van der Waals surface area contributed by atoms with Crippen LogP contribution in [0.2, 0.25) is 0 Å². The number of halogens is 1. The minimum atomic E-state index is -4.26. The molecule has 0 aliphatic heterocycles. The van der Waals surface area contributed by atoms with E-state index in [0.717, 1.165) is 6.20 Å². The zero-order valence-corrected chi connectivity index (χ0v) is 10.6. The fourth-order valence-corrected chi connectivity index (χ4v) is 2.24. The molecule has 84 valence electrons. The topological polar surface area (TPSA) is 79.3 Å². The Hall–Kier alpha value is -0.660. The van der Waals surface area contributed by atoms with Gasteiger partial charge in [-0.2, -0.15) is 8.42 Å².